The highest BCUT2D eigenvalue weighted by Crippen LogP contribution is 2.65. The van der Waals surface area contributed by atoms with E-state index in [0.29, 0.717) is 13.0 Å². The van der Waals surface area contributed by atoms with Gasteiger partial charge in [0.2, 0.25) is 17.6 Å². The van der Waals surface area contributed by atoms with Crippen LogP contribution in [-0.4, -0.2) is 79.3 Å². The van der Waals surface area contributed by atoms with Gasteiger partial charge in [-0.1, -0.05) is 79.5 Å². The largest absolute Gasteiger partial charge is 0.363 e. The number of hydrogen-bond donors (Lipinski definition) is 4. The van der Waals surface area contributed by atoms with E-state index in [4.69, 9.17) is 5.73 Å². The molecular formula is C33H49N5O7S. The average Bonchev–Trinajstić information content (AvgIpc) is 3.81. The van der Waals surface area contributed by atoms with Gasteiger partial charge in [-0.15, -0.1) is 0 Å². The number of nitrogens with two attached hydrogens (primary N) is 1. The Morgan fingerprint density at radius 3 is 2.13 bits per heavy atom. The monoisotopic (exact) mass is 659 g/mol. The highest BCUT2D eigenvalue weighted by molar-refractivity contribution is 7.91. The SMILES string of the molecule is CC(C)C(CS(=O)(=O)c1ccccc1)NC(=O)N[C@H](C(=O)N1CC2[C@@H]([C@H]1C(=O)NC(CC1CC1)C(=O)C(N)=O)C2(C)C)C(C)(C)C. The molecular weight excluding hydrogens is 610 g/mol. The van der Waals surface area contributed by atoms with Crippen molar-refractivity contribution in [3.8, 4) is 0 Å². The molecule has 2 saturated carbocycles. The van der Waals surface area contributed by atoms with Crippen molar-refractivity contribution in [1.29, 1.82) is 0 Å². The highest BCUT2D eigenvalue weighted by atomic mass is 32.2. The zero-order valence-electron chi connectivity index (χ0n) is 27.8. The van der Waals surface area contributed by atoms with Crippen LogP contribution >= 0.6 is 0 Å². The lowest BCUT2D eigenvalue weighted by Crippen LogP contribution is -2.62. The van der Waals surface area contributed by atoms with Crippen molar-refractivity contribution in [2.45, 2.75) is 96.8 Å². The Morgan fingerprint density at radius 2 is 1.61 bits per heavy atom. The number of piperidine rings is 1. The molecule has 2 aliphatic carbocycles. The second kappa shape index (κ2) is 13.0. The van der Waals surface area contributed by atoms with E-state index in [1.54, 1.807) is 52.8 Å². The fraction of sp³-hybridized carbons (Fsp3) is 0.667. The van der Waals surface area contributed by atoms with Crippen LogP contribution in [0.25, 0.3) is 0 Å². The maximum absolute atomic E-state index is 14.2. The van der Waals surface area contributed by atoms with E-state index in [0.717, 1.165) is 12.8 Å². The molecule has 0 bridgehead atoms. The number of carbonyl (C=O) groups is 5. The smallest absolute Gasteiger partial charge is 0.315 e. The first-order valence-corrected chi connectivity index (χ1v) is 17.7. The minimum Gasteiger partial charge on any atom is -0.363 e. The normalized spacial score (nSPS) is 23.9. The molecule has 4 rings (SSSR count). The summed E-state index contributed by atoms with van der Waals surface area (Å²) in [4.78, 5) is 67.4. The molecule has 5 N–H and O–H groups in total. The predicted molar refractivity (Wildman–Crippen MR) is 172 cm³/mol. The number of benzene rings is 1. The van der Waals surface area contributed by atoms with Crippen molar-refractivity contribution < 1.29 is 32.4 Å². The molecule has 254 valence electrons. The first-order valence-electron chi connectivity index (χ1n) is 16.0. The number of primary amides is 1. The Balaban J connectivity index is 1.51. The molecule has 13 heteroatoms. The summed E-state index contributed by atoms with van der Waals surface area (Å²) in [6, 6.07) is 3.55. The van der Waals surface area contributed by atoms with Crippen molar-refractivity contribution in [2.75, 3.05) is 12.3 Å². The molecule has 0 aromatic heterocycles. The highest BCUT2D eigenvalue weighted by Gasteiger charge is 2.70. The van der Waals surface area contributed by atoms with Gasteiger partial charge in [-0.2, -0.15) is 0 Å². The van der Waals surface area contributed by atoms with Crippen molar-refractivity contribution >= 4 is 39.4 Å². The third-order valence-corrected chi connectivity index (χ3v) is 11.7. The van der Waals surface area contributed by atoms with Crippen molar-refractivity contribution in [3.05, 3.63) is 30.3 Å². The lowest BCUT2D eigenvalue weighted by atomic mass is 9.85. The molecule has 1 saturated heterocycles. The minimum atomic E-state index is -3.71. The molecule has 5 amide bonds. The van der Waals surface area contributed by atoms with Crippen LogP contribution in [-0.2, 0) is 29.0 Å². The number of ketones is 1. The Morgan fingerprint density at radius 1 is 1.00 bits per heavy atom. The summed E-state index contributed by atoms with van der Waals surface area (Å²) in [5.41, 5.74) is 4.29. The van der Waals surface area contributed by atoms with Crippen LogP contribution in [0.3, 0.4) is 0 Å². The zero-order valence-corrected chi connectivity index (χ0v) is 28.6. The van der Waals surface area contributed by atoms with Crippen LogP contribution in [0.1, 0.15) is 67.7 Å². The Kier molecular flexibility index (Phi) is 9.97. The molecule has 1 aromatic carbocycles. The first-order chi connectivity index (χ1) is 21.3. The maximum atomic E-state index is 14.2. The number of fused-ring (bicyclic) bond motifs is 1. The van der Waals surface area contributed by atoms with Crippen molar-refractivity contribution in [3.63, 3.8) is 0 Å². The van der Waals surface area contributed by atoms with Crippen LogP contribution in [0.5, 0.6) is 0 Å². The van der Waals surface area contributed by atoms with Crippen LogP contribution in [0.15, 0.2) is 35.2 Å². The van der Waals surface area contributed by atoms with E-state index < -0.39 is 69.0 Å². The molecule has 0 radical (unpaired) electrons. The Bertz CT molecular complexity index is 1470. The minimum absolute atomic E-state index is 0.0453. The molecule has 1 aromatic rings. The van der Waals surface area contributed by atoms with Gasteiger partial charge in [0.25, 0.3) is 5.91 Å². The second-order valence-electron chi connectivity index (χ2n) is 15.2. The van der Waals surface area contributed by atoms with Gasteiger partial charge in [0, 0.05) is 12.6 Å². The molecule has 6 atom stereocenters. The molecule has 12 nitrogen and oxygen atoms in total. The van der Waals surface area contributed by atoms with Gasteiger partial charge < -0.3 is 26.6 Å². The lowest BCUT2D eigenvalue weighted by molar-refractivity contribution is -0.145. The number of hydrogen-bond acceptors (Lipinski definition) is 7. The van der Waals surface area contributed by atoms with E-state index >= 15 is 0 Å². The third kappa shape index (κ3) is 7.72. The molecule has 3 unspecified atom stereocenters. The number of carbonyl (C=O) groups excluding carboxylic acids is 5. The average molecular weight is 660 g/mol. The lowest BCUT2D eigenvalue weighted by Gasteiger charge is -2.38. The summed E-state index contributed by atoms with van der Waals surface area (Å²) in [6.45, 7) is 13.4. The van der Waals surface area contributed by atoms with Gasteiger partial charge in [-0.25, -0.2) is 13.2 Å². The van der Waals surface area contributed by atoms with E-state index in [-0.39, 0.29) is 39.7 Å². The molecule has 3 aliphatic rings. The summed E-state index contributed by atoms with van der Waals surface area (Å²) >= 11 is 0. The van der Waals surface area contributed by atoms with E-state index in [1.807, 2.05) is 13.8 Å². The Labute approximate surface area is 271 Å². The standard InChI is InChI=1S/C33H49N5O7S/c1-18(2)23(17-46(44,45)20-11-9-8-10-12-20)36-31(43)37-27(32(3,4)5)30(42)38-16-21-24(33(21,6)7)25(38)29(41)35-22(15-19-13-14-19)26(39)28(34)40/h8-12,18-19,21-25,27H,13-17H2,1-7H3,(H2,34,40)(H,35,41)(H2,36,37,43)/t21?,22?,23?,24-,25-,27+/m0/s1. The topological polar surface area (TPSA) is 185 Å². The van der Waals surface area contributed by atoms with Crippen LogP contribution < -0.4 is 21.7 Å². The second-order valence-corrected chi connectivity index (χ2v) is 17.3. The van der Waals surface area contributed by atoms with Gasteiger partial charge in [-0.05, 0) is 53.1 Å². The van der Waals surface area contributed by atoms with Gasteiger partial charge in [-0.3, -0.25) is 19.2 Å². The molecule has 1 heterocycles. The van der Waals surface area contributed by atoms with Crippen LogP contribution in [0.4, 0.5) is 4.79 Å². The summed E-state index contributed by atoms with van der Waals surface area (Å²) in [6.07, 6.45) is 2.12. The number of rotatable bonds is 13. The molecule has 46 heavy (non-hydrogen) atoms. The van der Waals surface area contributed by atoms with Gasteiger partial charge in [0.15, 0.2) is 9.84 Å². The van der Waals surface area contributed by atoms with Crippen molar-refractivity contribution in [1.82, 2.24) is 20.9 Å². The fourth-order valence-corrected chi connectivity index (χ4v) is 8.38. The quantitative estimate of drug-likeness (QED) is 0.233. The predicted octanol–water partition coefficient (Wildman–Crippen LogP) is 2.02. The van der Waals surface area contributed by atoms with Gasteiger partial charge in [0.05, 0.1) is 16.7 Å². The van der Waals surface area contributed by atoms with Crippen LogP contribution in [0, 0.1) is 34.5 Å². The number of sulfone groups is 1. The number of urea groups is 1. The number of Topliss-reactive ketones (excluding diaryl/α,β-unsaturated/α-hetero) is 1. The number of nitrogens with zero attached hydrogens (tertiary/aromatic N) is 1. The van der Waals surface area contributed by atoms with Crippen molar-refractivity contribution in [2.24, 2.45) is 40.2 Å². The summed E-state index contributed by atoms with van der Waals surface area (Å²) in [5, 5.41) is 8.29. The fourth-order valence-electron chi connectivity index (χ4n) is 6.68. The van der Waals surface area contributed by atoms with Crippen LogP contribution in [0.2, 0.25) is 0 Å². The van der Waals surface area contributed by atoms with Gasteiger partial charge in [0.1, 0.15) is 12.1 Å². The molecule has 3 fully saturated rings. The Hall–Kier alpha value is -3.48. The molecule has 0 spiro atoms. The zero-order chi connectivity index (χ0) is 34.4. The maximum Gasteiger partial charge on any atom is 0.315 e. The molecule has 1 aliphatic heterocycles. The first kappa shape index (κ1) is 35.4. The van der Waals surface area contributed by atoms with E-state index in [9.17, 15) is 32.4 Å². The van der Waals surface area contributed by atoms with Gasteiger partial charge >= 0.3 is 6.03 Å². The number of likely N-dealkylation sites (tertiary alicyclic amines) is 1. The number of amides is 5. The summed E-state index contributed by atoms with van der Waals surface area (Å²) < 4.78 is 26.2. The number of nitrogens with one attached hydrogen (secondary N) is 3. The van der Waals surface area contributed by atoms with E-state index in [1.165, 1.54) is 17.0 Å². The van der Waals surface area contributed by atoms with E-state index in [2.05, 4.69) is 16.0 Å². The third-order valence-electron chi connectivity index (χ3n) is 9.91. The summed E-state index contributed by atoms with van der Waals surface area (Å²) in [5.74, 6) is -3.40. The summed E-state index contributed by atoms with van der Waals surface area (Å²) in [7, 11) is -3.71.